The minimum absolute atomic E-state index is 0.00809. The van der Waals surface area contributed by atoms with Crippen molar-refractivity contribution >= 4 is 17.7 Å². The van der Waals surface area contributed by atoms with E-state index in [2.05, 4.69) is 5.32 Å². The molecule has 0 aliphatic rings. The fraction of sp³-hybridized carbons (Fsp3) is 0.375. The summed E-state index contributed by atoms with van der Waals surface area (Å²) in [6.07, 6.45) is -0.121. The van der Waals surface area contributed by atoms with Crippen LogP contribution in [0.3, 0.4) is 0 Å². The van der Waals surface area contributed by atoms with Gasteiger partial charge in [-0.05, 0) is 56.3 Å². The number of rotatable bonds is 12. The summed E-state index contributed by atoms with van der Waals surface area (Å²) in [4.78, 5) is 36.4. The van der Waals surface area contributed by atoms with Crippen molar-refractivity contribution in [3.63, 3.8) is 0 Å². The molecule has 0 bridgehead atoms. The zero-order valence-electron chi connectivity index (χ0n) is 18.8. The molecule has 0 aliphatic carbocycles. The van der Waals surface area contributed by atoms with Crippen LogP contribution >= 0.6 is 0 Å². The van der Waals surface area contributed by atoms with Crippen LogP contribution in [0, 0.1) is 0 Å². The number of ketones is 1. The zero-order valence-corrected chi connectivity index (χ0v) is 18.8. The fourth-order valence-electron chi connectivity index (χ4n) is 3.02. The van der Waals surface area contributed by atoms with Crippen molar-refractivity contribution < 1.29 is 33.3 Å². The van der Waals surface area contributed by atoms with Gasteiger partial charge in [-0.2, -0.15) is 0 Å². The summed E-state index contributed by atoms with van der Waals surface area (Å²) >= 11 is 0. The summed E-state index contributed by atoms with van der Waals surface area (Å²) in [5, 5.41) is 2.75. The highest BCUT2D eigenvalue weighted by molar-refractivity contribution is 5.97. The topological polar surface area (TPSA) is 100 Å². The van der Waals surface area contributed by atoms with Crippen molar-refractivity contribution in [2.75, 3.05) is 27.4 Å². The van der Waals surface area contributed by atoms with E-state index in [1.54, 1.807) is 56.5 Å². The zero-order chi connectivity index (χ0) is 23.5. The molecule has 1 unspecified atom stereocenters. The van der Waals surface area contributed by atoms with Crippen LogP contribution < -0.4 is 19.5 Å². The lowest BCUT2D eigenvalue weighted by Gasteiger charge is -2.18. The van der Waals surface area contributed by atoms with Crippen LogP contribution in [0.25, 0.3) is 0 Å². The summed E-state index contributed by atoms with van der Waals surface area (Å²) < 4.78 is 20.9. The highest BCUT2D eigenvalue weighted by atomic mass is 16.5. The molecule has 2 aromatic carbocycles. The average Bonchev–Trinajstić information content (AvgIpc) is 2.81. The standard InChI is InChI=1S/C24H29NO7/c1-5-31-18-8-6-17(7-9-18)21(26)11-13-24(28)32-15-23(27)25-16(2)20-14-19(29-3)10-12-22(20)30-4/h6-10,12,14,16H,5,11,13,15H2,1-4H3,(H,25,27). The second kappa shape index (κ2) is 12.3. The fourth-order valence-corrected chi connectivity index (χ4v) is 3.02. The van der Waals surface area contributed by atoms with Gasteiger partial charge in [-0.3, -0.25) is 14.4 Å². The predicted molar refractivity (Wildman–Crippen MR) is 118 cm³/mol. The lowest BCUT2D eigenvalue weighted by atomic mass is 10.1. The first kappa shape index (κ1) is 24.7. The minimum Gasteiger partial charge on any atom is -0.497 e. The highest BCUT2D eigenvalue weighted by Gasteiger charge is 2.17. The van der Waals surface area contributed by atoms with Gasteiger partial charge in [0, 0.05) is 17.5 Å². The average molecular weight is 443 g/mol. The predicted octanol–water partition coefficient (Wildman–Crippen LogP) is 3.49. The van der Waals surface area contributed by atoms with E-state index in [0.29, 0.717) is 29.4 Å². The van der Waals surface area contributed by atoms with E-state index in [9.17, 15) is 14.4 Å². The van der Waals surface area contributed by atoms with Gasteiger partial charge in [0.05, 0.1) is 33.3 Å². The number of carbonyl (C=O) groups excluding carboxylic acids is 3. The van der Waals surface area contributed by atoms with Crippen molar-refractivity contribution in [1.29, 1.82) is 0 Å². The number of hydrogen-bond acceptors (Lipinski definition) is 7. The third-order valence-corrected chi connectivity index (χ3v) is 4.69. The molecular formula is C24H29NO7. The van der Waals surface area contributed by atoms with Crippen molar-refractivity contribution in [3.05, 3.63) is 53.6 Å². The van der Waals surface area contributed by atoms with E-state index in [-0.39, 0.29) is 18.6 Å². The lowest BCUT2D eigenvalue weighted by Crippen LogP contribution is -2.31. The summed E-state index contributed by atoms with van der Waals surface area (Å²) in [7, 11) is 3.09. The van der Waals surface area contributed by atoms with Gasteiger partial charge in [0.2, 0.25) is 0 Å². The minimum atomic E-state index is -0.619. The number of nitrogens with one attached hydrogen (secondary N) is 1. The van der Waals surface area contributed by atoms with E-state index in [1.165, 1.54) is 7.11 Å². The van der Waals surface area contributed by atoms with Crippen molar-refractivity contribution in [3.8, 4) is 17.2 Å². The van der Waals surface area contributed by atoms with Crippen molar-refractivity contribution in [1.82, 2.24) is 5.32 Å². The number of ether oxygens (including phenoxy) is 4. The molecule has 2 aromatic rings. The smallest absolute Gasteiger partial charge is 0.306 e. The quantitative estimate of drug-likeness (QED) is 0.396. The number of Topliss-reactive ketones (excluding diaryl/α,β-unsaturated/α-hetero) is 1. The Kier molecular flexibility index (Phi) is 9.53. The number of amides is 1. The second-order valence-electron chi connectivity index (χ2n) is 6.94. The number of hydrogen-bond donors (Lipinski definition) is 1. The second-order valence-corrected chi connectivity index (χ2v) is 6.94. The van der Waals surface area contributed by atoms with Gasteiger partial charge in [-0.1, -0.05) is 0 Å². The van der Waals surface area contributed by atoms with E-state index >= 15 is 0 Å². The summed E-state index contributed by atoms with van der Waals surface area (Å²) in [5.41, 5.74) is 1.22. The van der Waals surface area contributed by atoms with E-state index < -0.39 is 24.5 Å². The molecule has 0 heterocycles. The Bertz CT molecular complexity index is 924. The molecule has 8 nitrogen and oxygen atoms in total. The van der Waals surface area contributed by atoms with E-state index in [0.717, 1.165) is 5.56 Å². The number of methoxy groups -OCH3 is 2. The molecule has 32 heavy (non-hydrogen) atoms. The molecule has 8 heteroatoms. The maximum absolute atomic E-state index is 12.2. The monoisotopic (exact) mass is 443 g/mol. The molecule has 0 saturated heterocycles. The Morgan fingerprint density at radius 3 is 2.25 bits per heavy atom. The normalized spacial score (nSPS) is 11.2. The van der Waals surface area contributed by atoms with Crippen molar-refractivity contribution in [2.45, 2.75) is 32.7 Å². The molecule has 1 N–H and O–H groups in total. The van der Waals surface area contributed by atoms with Gasteiger partial charge in [0.1, 0.15) is 17.2 Å². The molecule has 0 aliphatic heterocycles. The number of esters is 1. The third kappa shape index (κ3) is 7.30. The molecule has 0 spiro atoms. The Hall–Kier alpha value is -3.55. The highest BCUT2D eigenvalue weighted by Crippen LogP contribution is 2.29. The molecule has 1 atom stereocenters. The molecule has 172 valence electrons. The van der Waals surface area contributed by atoms with Crippen LogP contribution in [0.4, 0.5) is 0 Å². The van der Waals surface area contributed by atoms with Gasteiger partial charge in [-0.25, -0.2) is 0 Å². The summed E-state index contributed by atoms with van der Waals surface area (Å²) in [5.74, 6) is 0.636. The van der Waals surface area contributed by atoms with E-state index in [4.69, 9.17) is 18.9 Å². The third-order valence-electron chi connectivity index (χ3n) is 4.69. The van der Waals surface area contributed by atoms with Gasteiger partial charge < -0.3 is 24.3 Å². The van der Waals surface area contributed by atoms with Crippen LogP contribution in [0.2, 0.25) is 0 Å². The Morgan fingerprint density at radius 2 is 1.62 bits per heavy atom. The largest absolute Gasteiger partial charge is 0.497 e. The van der Waals surface area contributed by atoms with E-state index in [1.807, 2.05) is 6.92 Å². The van der Waals surface area contributed by atoms with Crippen molar-refractivity contribution in [2.24, 2.45) is 0 Å². The van der Waals surface area contributed by atoms with Crippen LogP contribution in [0.5, 0.6) is 17.2 Å². The SMILES string of the molecule is CCOc1ccc(C(=O)CCC(=O)OCC(=O)NC(C)c2cc(OC)ccc2OC)cc1. The first-order valence-electron chi connectivity index (χ1n) is 10.3. The van der Waals surface area contributed by atoms with Crippen LogP contribution in [0.1, 0.15) is 48.7 Å². The van der Waals surface area contributed by atoms with Gasteiger partial charge in [-0.15, -0.1) is 0 Å². The Balaban J connectivity index is 1.79. The van der Waals surface area contributed by atoms with Gasteiger partial charge >= 0.3 is 5.97 Å². The van der Waals surface area contributed by atoms with Gasteiger partial charge in [0.15, 0.2) is 12.4 Å². The Morgan fingerprint density at radius 1 is 0.938 bits per heavy atom. The summed E-state index contributed by atoms with van der Waals surface area (Å²) in [6, 6.07) is 11.6. The number of carbonyl (C=O) groups is 3. The lowest BCUT2D eigenvalue weighted by molar-refractivity contribution is -0.148. The molecule has 0 saturated carbocycles. The molecule has 0 radical (unpaired) electrons. The van der Waals surface area contributed by atoms with Crippen LogP contribution in [-0.4, -0.2) is 45.1 Å². The number of benzene rings is 2. The molecule has 1 amide bonds. The summed E-state index contributed by atoms with van der Waals surface area (Å²) in [6.45, 7) is 3.76. The first-order valence-corrected chi connectivity index (χ1v) is 10.3. The first-order chi connectivity index (χ1) is 15.4. The van der Waals surface area contributed by atoms with Crippen LogP contribution in [-0.2, 0) is 14.3 Å². The molecule has 0 fully saturated rings. The molecular weight excluding hydrogens is 414 g/mol. The molecule has 0 aromatic heterocycles. The Labute approximate surface area is 187 Å². The maximum atomic E-state index is 12.2. The molecule has 2 rings (SSSR count). The maximum Gasteiger partial charge on any atom is 0.306 e. The van der Waals surface area contributed by atoms with Crippen LogP contribution in [0.15, 0.2) is 42.5 Å². The van der Waals surface area contributed by atoms with Gasteiger partial charge in [0.25, 0.3) is 5.91 Å².